The third-order valence-corrected chi connectivity index (χ3v) is 6.84. The van der Waals surface area contributed by atoms with Crippen LogP contribution in [-0.4, -0.2) is 50.5 Å². The van der Waals surface area contributed by atoms with Gasteiger partial charge in [-0.15, -0.1) is 0 Å². The Morgan fingerprint density at radius 1 is 1.23 bits per heavy atom. The Hall–Kier alpha value is -2.48. The van der Waals surface area contributed by atoms with E-state index in [4.69, 9.17) is 4.98 Å². The van der Waals surface area contributed by atoms with Gasteiger partial charge in [0.05, 0.1) is 22.9 Å². The molecule has 2 atom stereocenters. The van der Waals surface area contributed by atoms with E-state index in [2.05, 4.69) is 16.3 Å². The number of nitrogens with zero attached hydrogens (tertiary/aromatic N) is 2. The highest BCUT2D eigenvalue weighted by Crippen LogP contribution is 2.31. The van der Waals surface area contributed by atoms with Gasteiger partial charge in [-0.1, -0.05) is 29.8 Å². The summed E-state index contributed by atoms with van der Waals surface area (Å²) in [6, 6.07) is 15.9. The van der Waals surface area contributed by atoms with Crippen molar-refractivity contribution in [1.82, 2.24) is 4.98 Å². The van der Waals surface area contributed by atoms with Crippen molar-refractivity contribution in [3.8, 4) is 0 Å². The van der Waals surface area contributed by atoms with E-state index in [1.165, 1.54) is 0 Å². The van der Waals surface area contributed by atoms with Crippen LogP contribution in [0.2, 0.25) is 0 Å². The van der Waals surface area contributed by atoms with Gasteiger partial charge in [0.2, 0.25) is 0 Å². The van der Waals surface area contributed by atoms with E-state index in [0.717, 1.165) is 38.4 Å². The summed E-state index contributed by atoms with van der Waals surface area (Å²) in [7, 11) is -1.02. The summed E-state index contributed by atoms with van der Waals surface area (Å²) in [5.74, 6) is 1.35. The minimum atomic E-state index is -1.22. The molecule has 2 heterocycles. The molecule has 3 aromatic rings. The van der Waals surface area contributed by atoms with Crippen molar-refractivity contribution < 1.29 is 14.4 Å². The topological polar surface area (TPSA) is 85.7 Å². The van der Waals surface area contributed by atoms with Crippen LogP contribution in [0.5, 0.6) is 0 Å². The van der Waals surface area contributed by atoms with E-state index >= 15 is 0 Å². The van der Waals surface area contributed by atoms with Crippen LogP contribution in [0, 0.1) is 6.92 Å². The van der Waals surface area contributed by atoms with E-state index in [1.807, 2.05) is 49.4 Å². The summed E-state index contributed by atoms with van der Waals surface area (Å²) in [5, 5.41) is 23.9. The van der Waals surface area contributed by atoms with Crippen molar-refractivity contribution in [2.45, 2.75) is 30.9 Å². The van der Waals surface area contributed by atoms with Gasteiger partial charge in [0, 0.05) is 47.4 Å². The average Bonchev–Trinajstić information content (AvgIpc) is 2.91. The molecule has 0 saturated carbocycles. The first-order valence-electron chi connectivity index (χ1n) is 10.1. The normalized spacial score (nSPS) is 18.5. The quantitative estimate of drug-likeness (QED) is 0.583. The Labute approximate surface area is 179 Å². The second-order valence-corrected chi connectivity index (χ2v) is 9.68. The Kier molecular flexibility index (Phi) is 5.77. The molecule has 30 heavy (non-hydrogen) atoms. The number of benzene rings is 2. The van der Waals surface area contributed by atoms with Crippen LogP contribution in [0.25, 0.3) is 10.9 Å². The van der Waals surface area contributed by atoms with Gasteiger partial charge in [-0.2, -0.15) is 0 Å². The molecule has 7 heteroatoms. The monoisotopic (exact) mass is 425 g/mol. The molecule has 1 aliphatic heterocycles. The number of anilines is 2. The molecule has 0 spiro atoms. The van der Waals surface area contributed by atoms with Crippen molar-refractivity contribution >= 4 is 33.2 Å². The summed E-state index contributed by atoms with van der Waals surface area (Å²) < 4.78 is 12.6. The summed E-state index contributed by atoms with van der Waals surface area (Å²) >= 11 is 0. The highest BCUT2D eigenvalue weighted by molar-refractivity contribution is 7.85. The number of pyridine rings is 1. The molecular formula is C23H27N3O3S. The Morgan fingerprint density at radius 3 is 2.83 bits per heavy atom. The molecule has 158 valence electrons. The van der Waals surface area contributed by atoms with Gasteiger partial charge in [0.15, 0.2) is 0 Å². The second-order valence-electron chi connectivity index (χ2n) is 8.14. The number of rotatable bonds is 5. The molecule has 0 amide bonds. The van der Waals surface area contributed by atoms with E-state index in [-0.39, 0.29) is 13.2 Å². The number of hydrogen-bond donors (Lipinski definition) is 3. The lowest BCUT2D eigenvalue weighted by molar-refractivity contribution is 0.0132. The number of aliphatic hydroxyl groups excluding tert-OH is 1. The third kappa shape index (κ3) is 4.33. The summed E-state index contributed by atoms with van der Waals surface area (Å²) in [5.41, 5.74) is 2.65. The molecular weight excluding hydrogens is 398 g/mol. The zero-order valence-electron chi connectivity index (χ0n) is 17.3. The lowest BCUT2D eigenvalue weighted by atomic mass is 10.1. The fourth-order valence-electron chi connectivity index (χ4n) is 3.62. The van der Waals surface area contributed by atoms with Crippen LogP contribution in [0.1, 0.15) is 18.1 Å². The van der Waals surface area contributed by atoms with Crippen molar-refractivity contribution in [1.29, 1.82) is 0 Å². The number of nitrogens with one attached hydrogen (secondary N) is 1. The largest absolute Gasteiger partial charge is 0.393 e. The Balaban J connectivity index is 1.74. The van der Waals surface area contributed by atoms with Gasteiger partial charge in [-0.25, -0.2) is 4.98 Å². The fourth-order valence-corrected chi connectivity index (χ4v) is 4.88. The highest BCUT2D eigenvalue weighted by atomic mass is 32.2. The van der Waals surface area contributed by atoms with Gasteiger partial charge in [0.25, 0.3) is 0 Å². The van der Waals surface area contributed by atoms with Crippen LogP contribution in [0.15, 0.2) is 53.4 Å². The smallest absolute Gasteiger partial charge is 0.131 e. The van der Waals surface area contributed by atoms with Gasteiger partial charge in [0.1, 0.15) is 11.4 Å². The van der Waals surface area contributed by atoms with Crippen molar-refractivity contribution in [2.75, 3.05) is 35.7 Å². The maximum Gasteiger partial charge on any atom is 0.131 e. The van der Waals surface area contributed by atoms with Gasteiger partial charge in [-0.3, -0.25) is 4.21 Å². The van der Waals surface area contributed by atoms with E-state index in [0.29, 0.717) is 18.8 Å². The summed E-state index contributed by atoms with van der Waals surface area (Å²) in [6.07, 6.45) is 0. The molecule has 4 rings (SSSR count). The number of hydrogen-bond acceptors (Lipinski definition) is 6. The second kappa shape index (κ2) is 8.34. The lowest BCUT2D eigenvalue weighted by Gasteiger charge is -2.25. The van der Waals surface area contributed by atoms with Crippen LogP contribution < -0.4 is 10.2 Å². The predicted octanol–water partition coefficient (Wildman–Crippen LogP) is 2.83. The highest BCUT2D eigenvalue weighted by Gasteiger charge is 2.22. The zero-order valence-corrected chi connectivity index (χ0v) is 18.1. The van der Waals surface area contributed by atoms with E-state index < -0.39 is 16.4 Å². The summed E-state index contributed by atoms with van der Waals surface area (Å²) in [4.78, 5) is 7.93. The molecule has 0 fully saturated rings. The molecule has 0 aliphatic carbocycles. The van der Waals surface area contributed by atoms with Gasteiger partial charge < -0.3 is 20.4 Å². The lowest BCUT2D eigenvalue weighted by Crippen LogP contribution is -2.37. The van der Waals surface area contributed by atoms with E-state index in [1.54, 1.807) is 6.92 Å². The van der Waals surface area contributed by atoms with E-state index in [9.17, 15) is 14.4 Å². The zero-order chi connectivity index (χ0) is 21.3. The first-order chi connectivity index (χ1) is 14.4. The first-order valence-corrected chi connectivity index (χ1v) is 11.4. The molecule has 1 aromatic heterocycles. The molecule has 1 aliphatic rings. The fraction of sp³-hybridized carbons (Fsp3) is 0.348. The molecule has 2 aromatic carbocycles. The maximum atomic E-state index is 12.6. The van der Waals surface area contributed by atoms with Crippen LogP contribution in [0.3, 0.4) is 0 Å². The number of fused-ring (bicyclic) bond motifs is 2. The molecule has 6 nitrogen and oxygen atoms in total. The van der Waals surface area contributed by atoms with Crippen molar-refractivity contribution in [3.05, 3.63) is 59.7 Å². The van der Waals surface area contributed by atoms with Crippen LogP contribution >= 0.6 is 0 Å². The maximum absolute atomic E-state index is 12.6. The van der Waals surface area contributed by atoms with Gasteiger partial charge >= 0.3 is 0 Å². The standard InChI is InChI=1S/C23H27N3O3S/c1-16-7-8-19-18(11-16)20(24-14-23(2,28)15-27)12-22(25-19)26-9-10-30(29)21-6-4-3-5-17(21)13-26/h3-8,11-12,27-28H,9-10,13-15H2,1-2H3,(H,24,25). The van der Waals surface area contributed by atoms with Gasteiger partial charge in [-0.05, 0) is 37.6 Å². The number of aromatic nitrogens is 1. The SMILES string of the molecule is Cc1ccc2nc(N3CCS(=O)c4ccccc4C3)cc(NCC(C)(O)CO)c2c1. The molecule has 0 saturated heterocycles. The minimum Gasteiger partial charge on any atom is -0.393 e. The Bertz CT molecular complexity index is 1100. The summed E-state index contributed by atoms with van der Waals surface area (Å²) in [6.45, 7) is 4.78. The number of aliphatic hydroxyl groups is 2. The minimum absolute atomic E-state index is 0.211. The predicted molar refractivity (Wildman–Crippen MR) is 121 cm³/mol. The molecule has 3 N–H and O–H groups in total. The number of aryl methyl sites for hydroxylation is 1. The average molecular weight is 426 g/mol. The first kappa shape index (κ1) is 20.8. The molecule has 0 bridgehead atoms. The van der Waals surface area contributed by atoms with Crippen molar-refractivity contribution in [2.24, 2.45) is 0 Å². The van der Waals surface area contributed by atoms with Crippen molar-refractivity contribution in [3.63, 3.8) is 0 Å². The Morgan fingerprint density at radius 2 is 2.03 bits per heavy atom. The third-order valence-electron chi connectivity index (χ3n) is 5.40. The van der Waals surface area contributed by atoms with Crippen LogP contribution in [-0.2, 0) is 17.3 Å². The molecule has 2 unspecified atom stereocenters. The molecule has 0 radical (unpaired) electrons. The van der Waals surface area contributed by atoms with Crippen LogP contribution in [0.4, 0.5) is 11.5 Å².